The number of carbonyl (C=O) groups excluding carboxylic acids is 1. The highest BCUT2D eigenvalue weighted by Crippen LogP contribution is 2.33. The molecule has 2 aromatic rings. The van der Waals surface area contributed by atoms with Crippen molar-refractivity contribution >= 4 is 23.2 Å². The van der Waals surface area contributed by atoms with Gasteiger partial charge in [0.2, 0.25) is 5.91 Å². The van der Waals surface area contributed by atoms with Gasteiger partial charge in [0, 0.05) is 18.7 Å². The minimum Gasteiger partial charge on any atom is -0.467 e. The van der Waals surface area contributed by atoms with Crippen molar-refractivity contribution in [3.63, 3.8) is 0 Å². The molecular weight excluding hydrogens is 288 g/mol. The molecule has 21 heavy (non-hydrogen) atoms. The first-order chi connectivity index (χ1) is 10.3. The first-order valence-electron chi connectivity index (χ1n) is 6.84. The van der Waals surface area contributed by atoms with Crippen LogP contribution in [0.25, 0.3) is 0 Å². The standard InChI is InChI=1S/C16H15ClN2O2/c17-9-8-16(20)19-14(15-7-4-10-21-15)11-13(18-19)12-5-2-1-3-6-12/h1-7,10,14H,8-9,11H2. The Hall–Kier alpha value is -2.07. The number of benzene rings is 1. The third-order valence-corrected chi connectivity index (χ3v) is 3.64. The number of carbonyl (C=O) groups is 1. The molecule has 0 bridgehead atoms. The van der Waals surface area contributed by atoms with Crippen LogP contribution >= 0.6 is 11.6 Å². The molecule has 3 rings (SSSR count). The molecule has 1 unspecified atom stereocenters. The Morgan fingerprint density at radius 1 is 1.29 bits per heavy atom. The number of halogens is 1. The first kappa shape index (κ1) is 13.9. The highest BCUT2D eigenvalue weighted by molar-refractivity contribution is 6.19. The molecule has 0 aliphatic carbocycles. The summed E-state index contributed by atoms with van der Waals surface area (Å²) >= 11 is 5.68. The van der Waals surface area contributed by atoms with Crippen LogP contribution < -0.4 is 0 Å². The summed E-state index contributed by atoms with van der Waals surface area (Å²) in [7, 11) is 0. The van der Waals surface area contributed by atoms with Crippen LogP contribution in [0.5, 0.6) is 0 Å². The maximum absolute atomic E-state index is 12.2. The molecule has 1 aromatic heterocycles. The largest absolute Gasteiger partial charge is 0.467 e. The fourth-order valence-corrected chi connectivity index (χ4v) is 2.60. The van der Waals surface area contributed by atoms with Crippen LogP contribution in [0.15, 0.2) is 58.2 Å². The van der Waals surface area contributed by atoms with Crippen molar-refractivity contribution in [1.82, 2.24) is 5.01 Å². The van der Waals surface area contributed by atoms with Gasteiger partial charge in [-0.1, -0.05) is 30.3 Å². The van der Waals surface area contributed by atoms with Gasteiger partial charge in [-0.15, -0.1) is 11.6 Å². The Labute approximate surface area is 128 Å². The van der Waals surface area contributed by atoms with Gasteiger partial charge in [-0.25, -0.2) is 5.01 Å². The summed E-state index contributed by atoms with van der Waals surface area (Å²) in [5, 5.41) is 6.00. The quantitative estimate of drug-likeness (QED) is 0.810. The fraction of sp³-hybridized carbons (Fsp3) is 0.250. The van der Waals surface area contributed by atoms with Gasteiger partial charge >= 0.3 is 0 Å². The van der Waals surface area contributed by atoms with Crippen LogP contribution in [0.2, 0.25) is 0 Å². The van der Waals surface area contributed by atoms with Gasteiger partial charge in [-0.3, -0.25) is 4.79 Å². The average Bonchev–Trinajstić information content (AvgIpc) is 3.17. The number of hydrogen-bond donors (Lipinski definition) is 0. The van der Waals surface area contributed by atoms with Crippen molar-refractivity contribution in [2.24, 2.45) is 5.10 Å². The number of alkyl halides is 1. The monoisotopic (exact) mass is 302 g/mol. The molecule has 108 valence electrons. The second kappa shape index (κ2) is 6.14. The van der Waals surface area contributed by atoms with Gasteiger partial charge in [-0.2, -0.15) is 5.10 Å². The van der Waals surface area contributed by atoms with Crippen LogP contribution in [0.1, 0.15) is 30.2 Å². The Bertz CT molecular complexity index is 638. The molecule has 1 atom stereocenters. The van der Waals surface area contributed by atoms with Gasteiger partial charge in [-0.05, 0) is 17.7 Å². The Morgan fingerprint density at radius 3 is 2.76 bits per heavy atom. The number of rotatable bonds is 4. The molecule has 1 amide bonds. The molecule has 0 saturated carbocycles. The predicted octanol–water partition coefficient (Wildman–Crippen LogP) is 3.59. The first-order valence-corrected chi connectivity index (χ1v) is 7.37. The zero-order valence-corrected chi connectivity index (χ0v) is 12.2. The lowest BCUT2D eigenvalue weighted by Crippen LogP contribution is -2.26. The van der Waals surface area contributed by atoms with Crippen molar-refractivity contribution in [1.29, 1.82) is 0 Å². The second-order valence-electron chi connectivity index (χ2n) is 4.83. The Morgan fingerprint density at radius 2 is 2.10 bits per heavy atom. The minimum absolute atomic E-state index is 0.0858. The van der Waals surface area contributed by atoms with Crippen molar-refractivity contribution in [2.45, 2.75) is 18.9 Å². The normalized spacial score (nSPS) is 17.9. The molecule has 1 aliphatic heterocycles. The van der Waals surface area contributed by atoms with Gasteiger partial charge in [0.05, 0.1) is 12.0 Å². The van der Waals surface area contributed by atoms with Crippen molar-refractivity contribution in [3.8, 4) is 0 Å². The fourth-order valence-electron chi connectivity index (χ4n) is 2.44. The number of nitrogens with zero attached hydrogens (tertiary/aromatic N) is 2. The maximum Gasteiger partial charge on any atom is 0.244 e. The molecule has 1 aromatic carbocycles. The van der Waals surface area contributed by atoms with E-state index in [-0.39, 0.29) is 24.2 Å². The lowest BCUT2D eigenvalue weighted by Gasteiger charge is -2.19. The topological polar surface area (TPSA) is 45.8 Å². The summed E-state index contributed by atoms with van der Waals surface area (Å²) in [5.41, 5.74) is 1.91. The zero-order valence-electron chi connectivity index (χ0n) is 11.4. The van der Waals surface area contributed by atoms with E-state index < -0.39 is 0 Å². The van der Waals surface area contributed by atoms with Crippen molar-refractivity contribution in [3.05, 3.63) is 60.1 Å². The van der Waals surface area contributed by atoms with E-state index in [9.17, 15) is 4.79 Å². The molecule has 4 nitrogen and oxygen atoms in total. The average molecular weight is 303 g/mol. The highest BCUT2D eigenvalue weighted by Gasteiger charge is 2.34. The summed E-state index contributed by atoms with van der Waals surface area (Å²) in [6, 6.07) is 13.4. The van der Waals surface area contributed by atoms with Gasteiger partial charge < -0.3 is 4.42 Å². The Kier molecular flexibility index (Phi) is 4.06. The molecule has 0 spiro atoms. The molecule has 2 heterocycles. The van der Waals surface area contributed by atoms with E-state index >= 15 is 0 Å². The van der Waals surface area contributed by atoms with Crippen LogP contribution in [-0.4, -0.2) is 22.5 Å². The van der Waals surface area contributed by atoms with Crippen molar-refractivity contribution < 1.29 is 9.21 Å². The van der Waals surface area contributed by atoms with Crippen LogP contribution in [0.3, 0.4) is 0 Å². The van der Waals surface area contributed by atoms with E-state index in [1.807, 2.05) is 42.5 Å². The molecule has 0 N–H and O–H groups in total. The summed E-state index contributed by atoms with van der Waals surface area (Å²) in [5.74, 6) is 0.945. The minimum atomic E-state index is -0.189. The van der Waals surface area contributed by atoms with E-state index in [0.29, 0.717) is 6.42 Å². The van der Waals surface area contributed by atoms with Gasteiger partial charge in [0.15, 0.2) is 0 Å². The van der Waals surface area contributed by atoms with E-state index in [1.165, 1.54) is 5.01 Å². The lowest BCUT2D eigenvalue weighted by atomic mass is 10.0. The summed E-state index contributed by atoms with van der Waals surface area (Å²) in [6.07, 6.45) is 2.52. The summed E-state index contributed by atoms with van der Waals surface area (Å²) < 4.78 is 5.46. The number of amides is 1. The second-order valence-corrected chi connectivity index (χ2v) is 5.20. The zero-order chi connectivity index (χ0) is 14.7. The number of hydrogen-bond acceptors (Lipinski definition) is 3. The van der Waals surface area contributed by atoms with E-state index in [0.717, 1.165) is 17.0 Å². The highest BCUT2D eigenvalue weighted by atomic mass is 35.5. The number of furan rings is 1. The van der Waals surface area contributed by atoms with E-state index in [2.05, 4.69) is 5.10 Å². The maximum atomic E-state index is 12.2. The predicted molar refractivity (Wildman–Crippen MR) is 81.2 cm³/mol. The summed E-state index contributed by atoms with van der Waals surface area (Å²) in [4.78, 5) is 12.2. The van der Waals surface area contributed by atoms with Gasteiger partial charge in [0.1, 0.15) is 11.8 Å². The van der Waals surface area contributed by atoms with Crippen LogP contribution in [-0.2, 0) is 4.79 Å². The molecule has 0 radical (unpaired) electrons. The molecule has 1 aliphatic rings. The smallest absolute Gasteiger partial charge is 0.244 e. The molecule has 5 heteroatoms. The van der Waals surface area contributed by atoms with Crippen LogP contribution in [0.4, 0.5) is 0 Å². The van der Waals surface area contributed by atoms with E-state index in [1.54, 1.807) is 6.26 Å². The Balaban J connectivity index is 1.91. The van der Waals surface area contributed by atoms with E-state index in [4.69, 9.17) is 16.0 Å². The molecule has 0 saturated heterocycles. The van der Waals surface area contributed by atoms with Crippen molar-refractivity contribution in [2.75, 3.05) is 5.88 Å². The lowest BCUT2D eigenvalue weighted by molar-refractivity contribution is -0.132. The van der Waals surface area contributed by atoms with Gasteiger partial charge in [0.25, 0.3) is 0 Å². The van der Waals surface area contributed by atoms with Crippen LogP contribution in [0, 0.1) is 0 Å². The molecule has 0 fully saturated rings. The third-order valence-electron chi connectivity index (χ3n) is 3.45. The summed E-state index contributed by atoms with van der Waals surface area (Å²) in [6.45, 7) is 0. The number of hydrazone groups is 1. The molecular formula is C16H15ClN2O2. The SMILES string of the molecule is O=C(CCCl)N1N=C(c2ccccc2)CC1c1ccco1. The third kappa shape index (κ3) is 2.85.